The zero-order chi connectivity index (χ0) is 21.3. The molecule has 9 heteroatoms. The number of hydrogen-bond acceptors (Lipinski definition) is 7. The van der Waals surface area contributed by atoms with Gasteiger partial charge < -0.3 is 14.8 Å². The van der Waals surface area contributed by atoms with Crippen molar-refractivity contribution in [2.24, 2.45) is 0 Å². The minimum atomic E-state index is -0.373. The van der Waals surface area contributed by atoms with E-state index in [0.717, 1.165) is 17.7 Å². The van der Waals surface area contributed by atoms with Gasteiger partial charge in [0.25, 0.3) is 0 Å². The van der Waals surface area contributed by atoms with Gasteiger partial charge in [-0.15, -0.1) is 5.10 Å². The highest BCUT2D eigenvalue weighted by atomic mass is 32.2. The van der Waals surface area contributed by atoms with Gasteiger partial charge in [0.05, 0.1) is 25.0 Å². The number of anilines is 1. The molecular formula is C21H22N4O4S. The number of nitrogens with one attached hydrogen (secondary N) is 2. The highest BCUT2D eigenvalue weighted by Gasteiger charge is 2.11. The van der Waals surface area contributed by atoms with Gasteiger partial charge in [-0.25, -0.2) is 9.78 Å². The SMILES string of the molecule is CCCOC(=O)c1ccc(NC(=O)CSc2n[nH]c(-c3ccc(OC)cc3)n2)cc1. The lowest BCUT2D eigenvalue weighted by atomic mass is 10.2. The molecule has 0 aliphatic carbocycles. The highest BCUT2D eigenvalue weighted by Crippen LogP contribution is 2.22. The van der Waals surface area contributed by atoms with E-state index in [-0.39, 0.29) is 17.6 Å². The Hall–Kier alpha value is -3.33. The fourth-order valence-electron chi connectivity index (χ4n) is 2.48. The van der Waals surface area contributed by atoms with E-state index in [9.17, 15) is 9.59 Å². The maximum absolute atomic E-state index is 12.2. The van der Waals surface area contributed by atoms with Crippen molar-refractivity contribution in [3.05, 3.63) is 54.1 Å². The smallest absolute Gasteiger partial charge is 0.338 e. The van der Waals surface area contributed by atoms with E-state index in [1.54, 1.807) is 31.4 Å². The summed E-state index contributed by atoms with van der Waals surface area (Å²) in [6, 6.07) is 14.0. The molecule has 0 aliphatic rings. The number of nitrogens with zero attached hydrogens (tertiary/aromatic N) is 2. The van der Waals surface area contributed by atoms with Gasteiger partial charge >= 0.3 is 5.97 Å². The van der Waals surface area contributed by atoms with Gasteiger partial charge in [0, 0.05) is 11.3 Å². The molecule has 3 aromatic rings. The Kier molecular flexibility index (Phi) is 7.45. The fraction of sp³-hybridized carbons (Fsp3) is 0.238. The van der Waals surface area contributed by atoms with Crippen LogP contribution >= 0.6 is 11.8 Å². The van der Waals surface area contributed by atoms with Gasteiger partial charge in [-0.2, -0.15) is 0 Å². The second-order valence-corrected chi connectivity index (χ2v) is 7.19. The van der Waals surface area contributed by atoms with Gasteiger partial charge in [0.1, 0.15) is 5.75 Å². The molecule has 2 N–H and O–H groups in total. The third kappa shape index (κ3) is 5.84. The highest BCUT2D eigenvalue weighted by molar-refractivity contribution is 7.99. The Bertz CT molecular complexity index is 987. The van der Waals surface area contributed by atoms with Crippen LogP contribution in [0.5, 0.6) is 5.75 Å². The summed E-state index contributed by atoms with van der Waals surface area (Å²) in [5.74, 6) is 0.960. The van der Waals surface area contributed by atoms with Gasteiger partial charge in [-0.05, 0) is 55.0 Å². The van der Waals surface area contributed by atoms with Crippen LogP contribution < -0.4 is 10.1 Å². The molecule has 1 aromatic heterocycles. The molecule has 0 saturated heterocycles. The number of carbonyl (C=O) groups is 2. The molecule has 0 bridgehead atoms. The van der Waals surface area contributed by atoms with E-state index in [2.05, 4.69) is 20.5 Å². The summed E-state index contributed by atoms with van der Waals surface area (Å²) in [7, 11) is 1.61. The van der Waals surface area contributed by atoms with E-state index in [1.807, 2.05) is 31.2 Å². The lowest BCUT2D eigenvalue weighted by Gasteiger charge is -2.06. The fourth-order valence-corrected chi connectivity index (χ4v) is 3.08. The molecule has 3 rings (SSSR count). The molecular weight excluding hydrogens is 404 g/mol. The zero-order valence-electron chi connectivity index (χ0n) is 16.7. The number of carbonyl (C=O) groups excluding carboxylic acids is 2. The topological polar surface area (TPSA) is 106 Å². The summed E-state index contributed by atoms with van der Waals surface area (Å²) in [5.41, 5.74) is 1.92. The van der Waals surface area contributed by atoms with Crippen LogP contribution in [0.25, 0.3) is 11.4 Å². The summed E-state index contributed by atoms with van der Waals surface area (Å²) >= 11 is 1.22. The number of thioether (sulfide) groups is 1. The Morgan fingerprint density at radius 1 is 1.10 bits per heavy atom. The predicted molar refractivity (Wildman–Crippen MR) is 115 cm³/mol. The van der Waals surface area contributed by atoms with Crippen molar-refractivity contribution < 1.29 is 19.1 Å². The van der Waals surface area contributed by atoms with E-state index >= 15 is 0 Å². The normalized spacial score (nSPS) is 10.5. The van der Waals surface area contributed by atoms with Crippen LogP contribution in [0.1, 0.15) is 23.7 Å². The average molecular weight is 426 g/mol. The molecule has 156 valence electrons. The summed E-state index contributed by atoms with van der Waals surface area (Å²) in [5, 5.41) is 10.3. The summed E-state index contributed by atoms with van der Waals surface area (Å²) in [4.78, 5) is 28.4. The maximum atomic E-state index is 12.2. The Morgan fingerprint density at radius 3 is 2.50 bits per heavy atom. The van der Waals surface area contributed by atoms with E-state index in [4.69, 9.17) is 9.47 Å². The molecule has 0 atom stereocenters. The first-order valence-electron chi connectivity index (χ1n) is 9.35. The van der Waals surface area contributed by atoms with Crippen molar-refractivity contribution in [2.75, 3.05) is 24.8 Å². The molecule has 8 nitrogen and oxygen atoms in total. The molecule has 0 saturated carbocycles. The van der Waals surface area contributed by atoms with Gasteiger partial charge in [0.15, 0.2) is 5.82 Å². The third-order valence-electron chi connectivity index (χ3n) is 4.00. The van der Waals surface area contributed by atoms with Crippen molar-refractivity contribution in [1.29, 1.82) is 0 Å². The first-order chi connectivity index (χ1) is 14.6. The van der Waals surface area contributed by atoms with Crippen molar-refractivity contribution >= 4 is 29.3 Å². The second kappa shape index (κ2) is 10.4. The lowest BCUT2D eigenvalue weighted by molar-refractivity contribution is -0.113. The molecule has 0 radical (unpaired) electrons. The van der Waals surface area contributed by atoms with Crippen LogP contribution in [0, 0.1) is 0 Å². The monoisotopic (exact) mass is 426 g/mol. The number of aromatic amines is 1. The minimum Gasteiger partial charge on any atom is -0.497 e. The second-order valence-electron chi connectivity index (χ2n) is 6.25. The number of amides is 1. The number of methoxy groups -OCH3 is 1. The molecule has 0 aliphatic heterocycles. The van der Waals surface area contributed by atoms with Crippen LogP contribution in [-0.2, 0) is 9.53 Å². The van der Waals surface area contributed by atoms with Crippen molar-refractivity contribution in [3.63, 3.8) is 0 Å². The molecule has 0 unspecified atom stereocenters. The van der Waals surface area contributed by atoms with Crippen LogP contribution in [0.3, 0.4) is 0 Å². The first kappa shape index (κ1) is 21.4. The number of ether oxygens (including phenoxy) is 2. The molecule has 0 spiro atoms. The number of aromatic nitrogens is 3. The van der Waals surface area contributed by atoms with Crippen molar-refractivity contribution in [2.45, 2.75) is 18.5 Å². The molecule has 0 fully saturated rings. The van der Waals surface area contributed by atoms with Gasteiger partial charge in [-0.3, -0.25) is 9.89 Å². The van der Waals surface area contributed by atoms with Crippen molar-refractivity contribution in [3.8, 4) is 17.1 Å². The summed E-state index contributed by atoms with van der Waals surface area (Å²) in [6.07, 6.45) is 0.768. The van der Waals surface area contributed by atoms with Crippen LogP contribution in [0.2, 0.25) is 0 Å². The zero-order valence-corrected chi connectivity index (χ0v) is 17.5. The van der Waals surface area contributed by atoms with Crippen molar-refractivity contribution in [1.82, 2.24) is 15.2 Å². The lowest BCUT2D eigenvalue weighted by Crippen LogP contribution is -2.14. The number of H-pyrrole nitrogens is 1. The number of rotatable bonds is 9. The standard InChI is InChI=1S/C21H22N4O4S/c1-3-12-29-20(27)15-4-8-16(9-5-15)22-18(26)13-30-21-23-19(24-25-21)14-6-10-17(28-2)11-7-14/h4-11H,3,12-13H2,1-2H3,(H,22,26)(H,23,24,25). The third-order valence-corrected chi connectivity index (χ3v) is 4.85. The van der Waals surface area contributed by atoms with Gasteiger partial charge in [-0.1, -0.05) is 18.7 Å². The Balaban J connectivity index is 1.50. The van der Waals surface area contributed by atoms with Crippen LogP contribution in [-0.4, -0.2) is 46.5 Å². The minimum absolute atomic E-state index is 0.153. The Morgan fingerprint density at radius 2 is 1.83 bits per heavy atom. The maximum Gasteiger partial charge on any atom is 0.338 e. The molecule has 2 aromatic carbocycles. The number of hydrogen-bond donors (Lipinski definition) is 2. The van der Waals surface area contributed by atoms with Crippen LogP contribution in [0.4, 0.5) is 5.69 Å². The van der Waals surface area contributed by atoms with E-state index in [0.29, 0.717) is 28.8 Å². The molecule has 1 heterocycles. The molecule has 1 amide bonds. The van der Waals surface area contributed by atoms with Gasteiger partial charge in [0.2, 0.25) is 11.1 Å². The van der Waals surface area contributed by atoms with E-state index < -0.39 is 0 Å². The largest absolute Gasteiger partial charge is 0.497 e. The molecule has 30 heavy (non-hydrogen) atoms. The predicted octanol–water partition coefficient (Wildman–Crippen LogP) is 3.78. The van der Waals surface area contributed by atoms with Crippen LogP contribution in [0.15, 0.2) is 53.7 Å². The van der Waals surface area contributed by atoms with E-state index in [1.165, 1.54) is 11.8 Å². The number of esters is 1. The average Bonchev–Trinajstić information content (AvgIpc) is 3.26. The summed E-state index contributed by atoms with van der Waals surface area (Å²) < 4.78 is 10.2. The Labute approximate surface area is 178 Å². The number of benzene rings is 2. The first-order valence-corrected chi connectivity index (χ1v) is 10.3. The quantitative estimate of drug-likeness (QED) is 0.396. The summed E-state index contributed by atoms with van der Waals surface area (Å²) in [6.45, 7) is 2.32.